The molecule has 1 aliphatic heterocycles. The normalized spacial score (nSPS) is 19.4. The maximum absolute atomic E-state index is 13.3. The zero-order valence-electron chi connectivity index (χ0n) is 19.7. The third kappa shape index (κ3) is 6.96. The minimum Gasteiger partial charge on any atom is -0.349 e. The van der Waals surface area contributed by atoms with E-state index in [1.165, 1.54) is 0 Å². The SMILES string of the molecule is O=c1[nH]c(CN2CCO[C@H](OCc3cc(C(F)(F)F)cc(C(F)(F)F)c3)[C@@H]2c2ccccc2)nn1P(=O)(O)O. The molecule has 212 valence electrons. The molecule has 0 unspecified atom stereocenters. The number of nitrogens with one attached hydrogen (secondary N) is 1. The van der Waals surface area contributed by atoms with Crippen LogP contribution in [-0.4, -0.2) is 48.7 Å². The second kappa shape index (κ2) is 10.9. The fourth-order valence-electron chi connectivity index (χ4n) is 4.10. The predicted molar refractivity (Wildman–Crippen MR) is 121 cm³/mol. The standard InChI is InChI=1S/C22H21F6N4O6P/c23-21(24,25)15-8-13(9-16(10-15)22(26,27)28)12-38-19-18(14-4-2-1-3-5-14)31(6-7-37-19)11-17-29-20(33)32(30-17)39(34,35)36/h1-5,8-10,18-19H,6-7,11-12H2,(H,29,30,33)(H2,34,35,36)/t18-,19+/m0/s1. The van der Waals surface area contributed by atoms with Crippen molar-refractivity contribution in [1.29, 1.82) is 0 Å². The van der Waals surface area contributed by atoms with Crippen molar-refractivity contribution in [3.8, 4) is 0 Å². The highest BCUT2D eigenvalue weighted by molar-refractivity contribution is 7.49. The first-order valence-electron chi connectivity index (χ1n) is 11.2. The van der Waals surface area contributed by atoms with Gasteiger partial charge in [-0.15, -0.1) is 9.55 Å². The van der Waals surface area contributed by atoms with Crippen LogP contribution >= 0.6 is 7.75 Å². The molecule has 1 fully saturated rings. The van der Waals surface area contributed by atoms with Gasteiger partial charge in [0.25, 0.3) is 0 Å². The van der Waals surface area contributed by atoms with Gasteiger partial charge in [-0.1, -0.05) is 30.3 Å². The molecule has 1 aromatic heterocycles. The van der Waals surface area contributed by atoms with E-state index in [9.17, 15) is 45.5 Å². The molecule has 17 heteroatoms. The van der Waals surface area contributed by atoms with E-state index in [2.05, 4.69) is 10.1 Å². The van der Waals surface area contributed by atoms with E-state index in [0.29, 0.717) is 17.7 Å². The first-order valence-corrected chi connectivity index (χ1v) is 12.7. The number of hydrogen-bond donors (Lipinski definition) is 3. The van der Waals surface area contributed by atoms with Crippen molar-refractivity contribution in [1.82, 2.24) is 19.4 Å². The number of morpholine rings is 1. The molecule has 4 rings (SSSR count). The van der Waals surface area contributed by atoms with Gasteiger partial charge in [0.1, 0.15) is 5.82 Å². The third-order valence-electron chi connectivity index (χ3n) is 5.76. The molecule has 2 aromatic carbocycles. The van der Waals surface area contributed by atoms with E-state index in [-0.39, 0.29) is 41.6 Å². The summed E-state index contributed by atoms with van der Waals surface area (Å²) in [6.45, 7) is -0.564. The quantitative estimate of drug-likeness (QED) is 0.284. The molecule has 3 N–H and O–H groups in total. The minimum atomic E-state index is -5.02. The number of benzene rings is 2. The van der Waals surface area contributed by atoms with E-state index in [4.69, 9.17) is 9.47 Å². The molecule has 2 heterocycles. The second-order valence-electron chi connectivity index (χ2n) is 8.57. The number of alkyl halides is 6. The van der Waals surface area contributed by atoms with Gasteiger partial charge in [-0.2, -0.15) is 26.3 Å². The van der Waals surface area contributed by atoms with Gasteiger partial charge in [0, 0.05) is 6.54 Å². The smallest absolute Gasteiger partial charge is 0.349 e. The lowest BCUT2D eigenvalue weighted by molar-refractivity contribution is -0.218. The van der Waals surface area contributed by atoms with Crippen molar-refractivity contribution in [2.24, 2.45) is 0 Å². The highest BCUT2D eigenvalue weighted by atomic mass is 31.2. The number of ether oxygens (including phenoxy) is 2. The van der Waals surface area contributed by atoms with Crippen LogP contribution in [0.4, 0.5) is 26.3 Å². The molecule has 2 atom stereocenters. The van der Waals surface area contributed by atoms with Gasteiger partial charge in [0.05, 0.1) is 36.9 Å². The summed E-state index contributed by atoms with van der Waals surface area (Å²) < 4.78 is 102. The van der Waals surface area contributed by atoms with Crippen LogP contribution in [0.2, 0.25) is 0 Å². The van der Waals surface area contributed by atoms with Gasteiger partial charge in [0.2, 0.25) is 0 Å². The average Bonchev–Trinajstić information content (AvgIpc) is 3.22. The molecular weight excluding hydrogens is 561 g/mol. The number of halogens is 6. The van der Waals surface area contributed by atoms with Crippen molar-refractivity contribution in [2.75, 3.05) is 13.2 Å². The molecule has 0 radical (unpaired) electrons. The molecule has 0 saturated carbocycles. The first-order chi connectivity index (χ1) is 18.1. The summed E-state index contributed by atoms with van der Waals surface area (Å²) in [4.78, 5) is 34.4. The van der Waals surface area contributed by atoms with Crippen LogP contribution in [0.1, 0.15) is 34.1 Å². The Balaban J connectivity index is 1.62. The molecule has 39 heavy (non-hydrogen) atoms. The Bertz CT molecular complexity index is 1370. The Hall–Kier alpha value is -3.01. The summed E-state index contributed by atoms with van der Waals surface area (Å²) in [6, 6.07) is 8.83. The Morgan fingerprint density at radius 1 is 1.05 bits per heavy atom. The van der Waals surface area contributed by atoms with Crippen molar-refractivity contribution < 1.29 is 50.2 Å². The van der Waals surface area contributed by atoms with Gasteiger partial charge in [-0.25, -0.2) is 9.36 Å². The Morgan fingerprint density at radius 3 is 2.21 bits per heavy atom. The summed E-state index contributed by atoms with van der Waals surface area (Å²) >= 11 is 0. The van der Waals surface area contributed by atoms with Crippen LogP contribution in [0.15, 0.2) is 53.3 Å². The molecule has 10 nitrogen and oxygen atoms in total. The summed E-state index contributed by atoms with van der Waals surface area (Å²) in [6.07, 6.45) is -11.2. The molecule has 3 aromatic rings. The van der Waals surface area contributed by atoms with Gasteiger partial charge in [-0.3, -0.25) is 9.88 Å². The summed E-state index contributed by atoms with van der Waals surface area (Å²) in [7, 11) is -5.02. The molecular formula is C22H21F6N4O6P. The van der Waals surface area contributed by atoms with Crippen molar-refractivity contribution in [2.45, 2.75) is 37.8 Å². The van der Waals surface area contributed by atoms with Crippen molar-refractivity contribution >= 4 is 7.75 Å². The lowest BCUT2D eigenvalue weighted by Gasteiger charge is -2.40. The van der Waals surface area contributed by atoms with Gasteiger partial charge >= 0.3 is 25.8 Å². The molecule has 0 amide bonds. The van der Waals surface area contributed by atoms with Gasteiger partial charge in [-0.05, 0) is 29.3 Å². The highest BCUT2D eigenvalue weighted by Crippen LogP contribution is 2.38. The van der Waals surface area contributed by atoms with Crippen molar-refractivity contribution in [3.63, 3.8) is 0 Å². The summed E-state index contributed by atoms with van der Waals surface area (Å²) in [5, 5.41) is 3.64. The molecule has 0 spiro atoms. The fraction of sp³-hybridized carbons (Fsp3) is 0.364. The minimum absolute atomic E-state index is 0.000159. The number of nitrogens with zero attached hydrogens (tertiary/aromatic N) is 3. The molecule has 0 aliphatic carbocycles. The lowest BCUT2D eigenvalue weighted by atomic mass is 10.0. The van der Waals surface area contributed by atoms with E-state index in [0.717, 1.165) is 0 Å². The maximum Gasteiger partial charge on any atom is 0.454 e. The molecule has 1 saturated heterocycles. The van der Waals surface area contributed by atoms with Crippen LogP contribution in [-0.2, 0) is 39.5 Å². The molecule has 0 bridgehead atoms. The number of hydrogen-bond acceptors (Lipinski definition) is 6. The predicted octanol–water partition coefficient (Wildman–Crippen LogP) is 3.67. The Labute approximate surface area is 216 Å². The highest BCUT2D eigenvalue weighted by Gasteiger charge is 2.38. The van der Waals surface area contributed by atoms with Crippen LogP contribution in [0.3, 0.4) is 0 Å². The summed E-state index contributed by atoms with van der Waals surface area (Å²) in [5.74, 6) is -0.0994. The second-order valence-corrected chi connectivity index (χ2v) is 9.98. The number of aromatic nitrogens is 3. The van der Waals surface area contributed by atoms with Crippen LogP contribution in [0.25, 0.3) is 0 Å². The summed E-state index contributed by atoms with van der Waals surface area (Å²) in [5.41, 5.74) is -3.88. The number of H-pyrrole nitrogens is 1. The average molecular weight is 582 g/mol. The van der Waals surface area contributed by atoms with E-state index < -0.39 is 55.9 Å². The zero-order valence-corrected chi connectivity index (χ0v) is 20.6. The lowest BCUT2D eigenvalue weighted by Crippen LogP contribution is -2.46. The number of rotatable bonds is 7. The molecule has 1 aliphatic rings. The zero-order chi connectivity index (χ0) is 28.6. The maximum atomic E-state index is 13.3. The van der Waals surface area contributed by atoms with Gasteiger partial charge in [0.15, 0.2) is 6.29 Å². The van der Waals surface area contributed by atoms with E-state index in [1.54, 1.807) is 35.2 Å². The van der Waals surface area contributed by atoms with Crippen LogP contribution in [0, 0.1) is 0 Å². The monoisotopic (exact) mass is 582 g/mol. The fourth-order valence-corrected chi connectivity index (χ4v) is 4.61. The van der Waals surface area contributed by atoms with E-state index >= 15 is 0 Å². The topological polar surface area (TPSA) is 130 Å². The Morgan fingerprint density at radius 2 is 1.67 bits per heavy atom. The van der Waals surface area contributed by atoms with Crippen LogP contribution in [0.5, 0.6) is 0 Å². The Kier molecular flexibility index (Phi) is 8.08. The first kappa shape index (κ1) is 29.0. The van der Waals surface area contributed by atoms with Gasteiger partial charge < -0.3 is 19.3 Å². The van der Waals surface area contributed by atoms with Crippen molar-refractivity contribution in [3.05, 3.63) is 87.1 Å². The van der Waals surface area contributed by atoms with E-state index in [1.807, 2.05) is 0 Å². The third-order valence-corrected chi connectivity index (χ3v) is 6.53. The number of aromatic amines is 1. The van der Waals surface area contributed by atoms with Crippen LogP contribution < -0.4 is 5.69 Å². The largest absolute Gasteiger partial charge is 0.454 e.